The Hall–Kier alpha value is -3.30. The van der Waals surface area contributed by atoms with Gasteiger partial charge in [-0.15, -0.1) is 0 Å². The van der Waals surface area contributed by atoms with Crippen LogP contribution in [0.3, 0.4) is 0 Å². The zero-order valence-electron chi connectivity index (χ0n) is 19.4. The van der Waals surface area contributed by atoms with E-state index < -0.39 is 17.8 Å². The van der Waals surface area contributed by atoms with Crippen LogP contribution in [0.4, 0.5) is 14.6 Å². The van der Waals surface area contributed by atoms with Gasteiger partial charge in [0.2, 0.25) is 0 Å². The van der Waals surface area contributed by atoms with E-state index in [-0.39, 0.29) is 11.9 Å². The second kappa shape index (κ2) is 7.35. The molecule has 34 heavy (non-hydrogen) atoms. The number of hydrogen-bond donors (Lipinski definition) is 1. The Morgan fingerprint density at radius 2 is 2.03 bits per heavy atom. The van der Waals surface area contributed by atoms with E-state index in [1.807, 2.05) is 36.4 Å². The summed E-state index contributed by atoms with van der Waals surface area (Å²) < 4.78 is 30.8. The third kappa shape index (κ3) is 3.30. The summed E-state index contributed by atoms with van der Waals surface area (Å²) in [4.78, 5) is 23.9. The standard InChI is InChI=1S/C24H27F2N7O/c1-13-6-21(32-10-17-18(11-32)24(17,25)26)29-14(2)16(13)9-33-8-15(7-28-33)23(34)30-19-4-5-20-22(19)27-12-31(20)3/h6-8,12,17-19H,4-5,9-11H2,1-3H3,(H,30,34)/t17?,18?,19-/m1/s1. The molecule has 1 saturated carbocycles. The zero-order chi connectivity index (χ0) is 23.8. The number of nitrogens with one attached hydrogen (secondary N) is 1. The Labute approximate surface area is 196 Å². The average molecular weight is 468 g/mol. The lowest BCUT2D eigenvalue weighted by Gasteiger charge is -2.23. The van der Waals surface area contributed by atoms with E-state index in [1.54, 1.807) is 23.4 Å². The maximum Gasteiger partial charge on any atom is 0.258 e. The van der Waals surface area contributed by atoms with Crippen molar-refractivity contribution in [2.24, 2.45) is 18.9 Å². The second-order valence-corrected chi connectivity index (χ2v) is 9.83. The number of imidazole rings is 1. The molecule has 0 aromatic carbocycles. The molecule has 3 aromatic heterocycles. The molecule has 6 rings (SSSR count). The molecule has 3 atom stereocenters. The van der Waals surface area contributed by atoms with Gasteiger partial charge in [0.1, 0.15) is 5.82 Å². The van der Waals surface area contributed by atoms with E-state index in [0.29, 0.717) is 25.2 Å². The van der Waals surface area contributed by atoms with Crippen molar-refractivity contribution in [1.82, 2.24) is 29.6 Å². The third-order valence-electron chi connectivity index (χ3n) is 7.68. The number of rotatable bonds is 5. The van der Waals surface area contributed by atoms with Crippen molar-refractivity contribution in [1.29, 1.82) is 0 Å². The minimum atomic E-state index is -2.50. The van der Waals surface area contributed by atoms with E-state index in [2.05, 4.69) is 15.4 Å². The van der Waals surface area contributed by atoms with Gasteiger partial charge in [-0.05, 0) is 43.9 Å². The lowest BCUT2D eigenvalue weighted by atomic mass is 10.1. The van der Waals surface area contributed by atoms with Crippen LogP contribution in [0, 0.1) is 25.7 Å². The Balaban J connectivity index is 1.13. The number of alkyl halides is 2. The Bertz CT molecular complexity index is 1260. The summed E-state index contributed by atoms with van der Waals surface area (Å²) in [5, 5.41) is 7.46. The minimum Gasteiger partial charge on any atom is -0.356 e. The molecule has 8 nitrogen and oxygen atoms in total. The normalized spacial score (nSPS) is 24.3. The highest BCUT2D eigenvalue weighted by Crippen LogP contribution is 2.59. The van der Waals surface area contributed by atoms with Gasteiger partial charge < -0.3 is 14.8 Å². The molecule has 0 radical (unpaired) electrons. The van der Waals surface area contributed by atoms with Crippen LogP contribution in [-0.2, 0) is 20.0 Å². The van der Waals surface area contributed by atoms with Gasteiger partial charge in [0.25, 0.3) is 11.8 Å². The average Bonchev–Trinajstić information content (AvgIpc) is 3.42. The summed E-state index contributed by atoms with van der Waals surface area (Å²) in [5.41, 5.74) is 5.51. The first-order chi connectivity index (χ1) is 16.2. The maximum absolute atomic E-state index is 13.5. The van der Waals surface area contributed by atoms with Crippen LogP contribution in [0.5, 0.6) is 0 Å². The van der Waals surface area contributed by atoms with Gasteiger partial charge in [-0.1, -0.05) is 0 Å². The highest BCUT2D eigenvalue weighted by atomic mass is 19.3. The summed E-state index contributed by atoms with van der Waals surface area (Å²) in [6.45, 7) is 5.14. The topological polar surface area (TPSA) is 80.9 Å². The van der Waals surface area contributed by atoms with Crippen molar-refractivity contribution in [3.05, 3.63) is 58.6 Å². The Morgan fingerprint density at radius 3 is 2.76 bits per heavy atom. The molecule has 1 aliphatic heterocycles. The van der Waals surface area contributed by atoms with E-state index in [4.69, 9.17) is 4.98 Å². The van der Waals surface area contributed by atoms with Gasteiger partial charge >= 0.3 is 0 Å². The Kier molecular flexibility index (Phi) is 4.59. The van der Waals surface area contributed by atoms with Crippen molar-refractivity contribution in [2.75, 3.05) is 18.0 Å². The van der Waals surface area contributed by atoms with Crippen LogP contribution >= 0.6 is 0 Å². The number of pyridine rings is 1. The molecular weight excluding hydrogens is 440 g/mol. The number of amides is 1. The smallest absolute Gasteiger partial charge is 0.258 e. The van der Waals surface area contributed by atoms with Gasteiger partial charge in [-0.2, -0.15) is 5.10 Å². The van der Waals surface area contributed by atoms with Gasteiger partial charge in [-0.25, -0.2) is 18.7 Å². The fourth-order valence-corrected chi connectivity index (χ4v) is 5.53. The summed E-state index contributed by atoms with van der Waals surface area (Å²) in [5.74, 6) is -2.97. The predicted molar refractivity (Wildman–Crippen MR) is 121 cm³/mol. The first-order valence-electron chi connectivity index (χ1n) is 11.7. The van der Waals surface area contributed by atoms with Gasteiger partial charge in [-0.3, -0.25) is 9.48 Å². The molecule has 178 valence electrons. The molecule has 3 aromatic rings. The summed E-state index contributed by atoms with van der Waals surface area (Å²) >= 11 is 0. The maximum atomic E-state index is 13.5. The van der Waals surface area contributed by atoms with Gasteiger partial charge in [0.15, 0.2) is 0 Å². The minimum absolute atomic E-state index is 0.0788. The van der Waals surface area contributed by atoms with Crippen molar-refractivity contribution in [3.63, 3.8) is 0 Å². The van der Waals surface area contributed by atoms with Crippen LogP contribution in [0.15, 0.2) is 24.8 Å². The van der Waals surface area contributed by atoms with Gasteiger partial charge in [0.05, 0.1) is 48.2 Å². The molecule has 1 N–H and O–H groups in total. The molecule has 2 fully saturated rings. The summed E-state index contributed by atoms with van der Waals surface area (Å²) in [6, 6.07) is 1.89. The number of halogens is 2. The van der Waals surface area contributed by atoms with E-state index in [9.17, 15) is 13.6 Å². The molecular formula is C24H27F2N7O. The number of fused-ring (bicyclic) bond motifs is 2. The molecule has 10 heteroatoms. The highest BCUT2D eigenvalue weighted by molar-refractivity contribution is 5.94. The van der Waals surface area contributed by atoms with E-state index in [0.717, 1.165) is 41.2 Å². The first-order valence-corrected chi connectivity index (χ1v) is 11.7. The molecule has 3 aliphatic rings. The molecule has 2 aliphatic carbocycles. The van der Waals surface area contributed by atoms with Gasteiger partial charge in [0, 0.05) is 37.7 Å². The summed E-state index contributed by atoms with van der Waals surface area (Å²) in [6.07, 6.45) is 6.85. The number of hydrogen-bond acceptors (Lipinski definition) is 5. The lowest BCUT2D eigenvalue weighted by molar-refractivity contribution is 0.0796. The van der Waals surface area contributed by atoms with Crippen molar-refractivity contribution in [3.8, 4) is 0 Å². The highest BCUT2D eigenvalue weighted by Gasteiger charge is 2.71. The van der Waals surface area contributed by atoms with Crippen molar-refractivity contribution < 1.29 is 13.6 Å². The van der Waals surface area contributed by atoms with Crippen LogP contribution in [-0.4, -0.2) is 49.2 Å². The SMILES string of the molecule is Cc1cc(N2CC3C(C2)C3(F)F)nc(C)c1Cn1cc(C(=O)N[C@@H]2CCc3c2ncn3C)cn1. The number of nitrogens with zero attached hydrogens (tertiary/aromatic N) is 6. The quantitative estimate of drug-likeness (QED) is 0.624. The number of aromatic nitrogens is 5. The van der Waals surface area contributed by atoms with E-state index in [1.165, 1.54) is 5.69 Å². The number of piperidine rings is 1. The molecule has 1 saturated heterocycles. The number of anilines is 1. The van der Waals surface area contributed by atoms with Crippen LogP contribution in [0.25, 0.3) is 0 Å². The Morgan fingerprint density at radius 1 is 1.26 bits per heavy atom. The fraction of sp³-hybridized carbons (Fsp3) is 0.500. The predicted octanol–water partition coefficient (Wildman–Crippen LogP) is 2.80. The number of carbonyl (C=O) groups is 1. The van der Waals surface area contributed by atoms with Crippen molar-refractivity contribution >= 4 is 11.7 Å². The second-order valence-electron chi connectivity index (χ2n) is 9.83. The van der Waals surface area contributed by atoms with Crippen molar-refractivity contribution in [2.45, 2.75) is 45.2 Å². The molecule has 2 unspecified atom stereocenters. The molecule has 4 heterocycles. The molecule has 0 bridgehead atoms. The zero-order valence-corrected chi connectivity index (χ0v) is 19.4. The van der Waals surface area contributed by atoms with E-state index >= 15 is 0 Å². The lowest BCUT2D eigenvalue weighted by Crippen LogP contribution is -2.28. The third-order valence-corrected chi connectivity index (χ3v) is 7.68. The largest absolute Gasteiger partial charge is 0.356 e. The number of carbonyl (C=O) groups excluding carboxylic acids is 1. The first kappa shape index (κ1) is 21.2. The molecule has 0 spiro atoms. The van der Waals surface area contributed by atoms with Crippen LogP contribution < -0.4 is 10.2 Å². The number of aryl methyl sites for hydroxylation is 3. The monoisotopic (exact) mass is 467 g/mol. The summed E-state index contributed by atoms with van der Waals surface area (Å²) in [7, 11) is 1.97. The van der Waals surface area contributed by atoms with Crippen LogP contribution in [0.1, 0.15) is 51.0 Å². The fourth-order valence-electron chi connectivity index (χ4n) is 5.53. The van der Waals surface area contributed by atoms with Crippen LogP contribution in [0.2, 0.25) is 0 Å². The molecule has 1 amide bonds.